The van der Waals surface area contributed by atoms with Gasteiger partial charge in [0.1, 0.15) is 5.84 Å². The summed E-state index contributed by atoms with van der Waals surface area (Å²) >= 11 is 0. The summed E-state index contributed by atoms with van der Waals surface area (Å²) in [6, 6.07) is 0. The number of amidine groups is 1. The molecule has 0 atom stereocenters. The van der Waals surface area contributed by atoms with E-state index in [1.807, 2.05) is 0 Å². The lowest BCUT2D eigenvalue weighted by Crippen LogP contribution is -2.16. The summed E-state index contributed by atoms with van der Waals surface area (Å²) in [5.74, 6) is 0.130. The van der Waals surface area contributed by atoms with Crippen LogP contribution in [-0.4, -0.2) is 29.2 Å². The lowest BCUT2D eigenvalue weighted by atomic mass is 9.80. The number of nitrogens with zero attached hydrogens (tertiary/aromatic N) is 1. The van der Waals surface area contributed by atoms with Crippen molar-refractivity contribution in [1.29, 1.82) is 5.41 Å². The number of hydrogen-bond acceptors (Lipinski definition) is 3. The van der Waals surface area contributed by atoms with E-state index in [2.05, 4.69) is 4.99 Å². The maximum absolute atomic E-state index is 8.65. The average molecular weight is 154 g/mol. The molecule has 0 heterocycles. The van der Waals surface area contributed by atoms with Crippen molar-refractivity contribution in [2.45, 2.75) is 13.8 Å². The quantitative estimate of drug-likeness (QED) is 0.297. The number of hydrogen-bond donors (Lipinski definition) is 3. The Morgan fingerprint density at radius 3 is 2.36 bits per heavy atom. The molecule has 0 amide bonds. The van der Waals surface area contributed by atoms with Crippen molar-refractivity contribution in [3.05, 3.63) is 11.5 Å². The molecule has 0 unspecified atom stereocenters. The molecular weight excluding hydrogens is 143 g/mol. The minimum atomic E-state index is -1.51. The van der Waals surface area contributed by atoms with Gasteiger partial charge in [-0.05, 0) is 19.3 Å². The molecule has 0 rings (SSSR count). The molecule has 60 valence electrons. The zero-order chi connectivity index (χ0) is 8.85. The Bertz CT molecular complexity index is 199. The fraction of sp³-hybridized carbons (Fsp3) is 0.333. The zero-order valence-corrected chi connectivity index (χ0v) is 6.57. The SMILES string of the molecule is C/C=C(\C=NC(C)=N)B(O)O. The van der Waals surface area contributed by atoms with Gasteiger partial charge in [-0.1, -0.05) is 6.08 Å². The van der Waals surface area contributed by atoms with Crippen LogP contribution in [0.2, 0.25) is 0 Å². The van der Waals surface area contributed by atoms with Gasteiger partial charge in [-0.25, -0.2) is 4.99 Å². The standard InChI is InChI=1S/C6H11BN2O2/c1-3-6(7(10)11)4-9-5(2)8/h3-4,8,10-11H,1-2H3/b6-3+,8-5?,9-4?. The van der Waals surface area contributed by atoms with E-state index in [1.54, 1.807) is 6.92 Å². The fourth-order valence-electron chi connectivity index (χ4n) is 0.462. The van der Waals surface area contributed by atoms with Crippen LogP contribution in [0.15, 0.2) is 16.5 Å². The van der Waals surface area contributed by atoms with Crippen molar-refractivity contribution >= 4 is 19.2 Å². The van der Waals surface area contributed by atoms with Gasteiger partial charge >= 0.3 is 7.12 Å². The molecule has 0 aromatic heterocycles. The Morgan fingerprint density at radius 2 is 2.09 bits per heavy atom. The van der Waals surface area contributed by atoms with Gasteiger partial charge in [-0.15, -0.1) is 0 Å². The van der Waals surface area contributed by atoms with Crippen LogP contribution in [0.5, 0.6) is 0 Å². The second kappa shape index (κ2) is 4.82. The van der Waals surface area contributed by atoms with Gasteiger partial charge in [-0.3, -0.25) is 5.41 Å². The molecule has 0 aromatic rings. The summed E-state index contributed by atoms with van der Waals surface area (Å²) in [6.45, 7) is 3.17. The number of aliphatic imine (C=N–C) groups is 1. The minimum absolute atomic E-state index is 0.130. The highest BCUT2D eigenvalue weighted by atomic mass is 16.4. The number of rotatable bonds is 2. The molecule has 0 aliphatic carbocycles. The maximum atomic E-state index is 8.65. The first-order chi connectivity index (χ1) is 5.07. The summed E-state index contributed by atoms with van der Waals surface area (Å²) in [4.78, 5) is 3.59. The molecular formula is C6H11BN2O2. The molecule has 0 saturated heterocycles. The van der Waals surface area contributed by atoms with E-state index < -0.39 is 7.12 Å². The Labute approximate surface area is 65.9 Å². The van der Waals surface area contributed by atoms with Crippen molar-refractivity contribution in [2.24, 2.45) is 4.99 Å². The molecule has 0 aromatic carbocycles. The van der Waals surface area contributed by atoms with Gasteiger partial charge in [0.2, 0.25) is 0 Å². The summed E-state index contributed by atoms with van der Waals surface area (Å²) < 4.78 is 0. The van der Waals surface area contributed by atoms with Gasteiger partial charge in [-0.2, -0.15) is 0 Å². The Balaban J connectivity index is 4.22. The largest absolute Gasteiger partial charge is 0.489 e. The lowest BCUT2D eigenvalue weighted by Gasteiger charge is -1.95. The summed E-state index contributed by atoms with van der Waals surface area (Å²) in [5.41, 5.74) is 0.289. The van der Waals surface area contributed by atoms with Crippen LogP contribution in [0.3, 0.4) is 0 Å². The van der Waals surface area contributed by atoms with E-state index in [0.29, 0.717) is 0 Å². The second-order valence-electron chi connectivity index (χ2n) is 2.01. The van der Waals surface area contributed by atoms with Gasteiger partial charge < -0.3 is 10.0 Å². The molecule has 0 fully saturated rings. The van der Waals surface area contributed by atoms with Crippen LogP contribution in [-0.2, 0) is 0 Å². The third kappa shape index (κ3) is 4.47. The van der Waals surface area contributed by atoms with Crippen molar-refractivity contribution in [2.75, 3.05) is 0 Å². The predicted octanol–water partition coefficient (Wildman–Crippen LogP) is 0.0127. The van der Waals surface area contributed by atoms with Crippen molar-refractivity contribution in [1.82, 2.24) is 0 Å². The third-order valence-electron chi connectivity index (χ3n) is 1.04. The molecule has 0 saturated carbocycles. The van der Waals surface area contributed by atoms with E-state index >= 15 is 0 Å². The molecule has 0 aliphatic heterocycles. The predicted molar refractivity (Wildman–Crippen MR) is 45.8 cm³/mol. The number of allylic oxidation sites excluding steroid dienone is 2. The smallest absolute Gasteiger partial charge is 0.423 e. The van der Waals surface area contributed by atoms with Gasteiger partial charge in [0.25, 0.3) is 0 Å². The molecule has 11 heavy (non-hydrogen) atoms. The summed E-state index contributed by atoms with van der Waals surface area (Å²) in [6.07, 6.45) is 2.78. The van der Waals surface area contributed by atoms with Crippen LogP contribution in [0.1, 0.15) is 13.8 Å². The van der Waals surface area contributed by atoms with Crippen molar-refractivity contribution in [3.63, 3.8) is 0 Å². The molecule has 0 aliphatic rings. The first-order valence-electron chi connectivity index (χ1n) is 3.19. The first-order valence-corrected chi connectivity index (χ1v) is 3.19. The first kappa shape index (κ1) is 10.1. The van der Waals surface area contributed by atoms with Crippen molar-refractivity contribution < 1.29 is 10.0 Å². The zero-order valence-electron chi connectivity index (χ0n) is 6.57. The normalized spacial score (nSPS) is 12.2. The Hall–Kier alpha value is -0.935. The Kier molecular flexibility index (Phi) is 4.41. The molecule has 3 N–H and O–H groups in total. The highest BCUT2D eigenvalue weighted by molar-refractivity contribution is 6.57. The topological polar surface area (TPSA) is 76.7 Å². The third-order valence-corrected chi connectivity index (χ3v) is 1.04. The minimum Gasteiger partial charge on any atom is -0.423 e. The van der Waals surface area contributed by atoms with Crippen LogP contribution < -0.4 is 0 Å². The van der Waals surface area contributed by atoms with Crippen LogP contribution in [0, 0.1) is 5.41 Å². The van der Waals surface area contributed by atoms with Gasteiger partial charge in [0.05, 0.1) is 0 Å². The summed E-state index contributed by atoms with van der Waals surface area (Å²) in [5, 5.41) is 24.2. The molecule has 0 bridgehead atoms. The Morgan fingerprint density at radius 1 is 1.55 bits per heavy atom. The molecule has 4 nitrogen and oxygen atoms in total. The lowest BCUT2D eigenvalue weighted by molar-refractivity contribution is 0.422. The monoisotopic (exact) mass is 154 g/mol. The van der Waals surface area contributed by atoms with Gasteiger partial charge in [0, 0.05) is 6.21 Å². The highest BCUT2D eigenvalue weighted by Crippen LogP contribution is 1.91. The average Bonchev–Trinajstić information content (AvgIpc) is 1.87. The van der Waals surface area contributed by atoms with E-state index in [4.69, 9.17) is 15.5 Å². The van der Waals surface area contributed by atoms with Crippen LogP contribution >= 0.6 is 0 Å². The van der Waals surface area contributed by atoms with E-state index in [9.17, 15) is 0 Å². The van der Waals surface area contributed by atoms with Crippen LogP contribution in [0.4, 0.5) is 0 Å². The van der Waals surface area contributed by atoms with Crippen LogP contribution in [0.25, 0.3) is 0 Å². The maximum Gasteiger partial charge on any atom is 0.489 e. The highest BCUT2D eigenvalue weighted by Gasteiger charge is 2.10. The number of nitrogens with one attached hydrogen (secondary N) is 1. The summed E-state index contributed by atoms with van der Waals surface area (Å²) in [7, 11) is -1.51. The van der Waals surface area contributed by atoms with Gasteiger partial charge in [0.15, 0.2) is 0 Å². The van der Waals surface area contributed by atoms with E-state index in [-0.39, 0.29) is 11.3 Å². The second-order valence-corrected chi connectivity index (χ2v) is 2.01. The molecule has 5 heteroatoms. The van der Waals surface area contributed by atoms with Crippen molar-refractivity contribution in [3.8, 4) is 0 Å². The molecule has 0 spiro atoms. The molecule has 0 radical (unpaired) electrons. The fourth-order valence-corrected chi connectivity index (χ4v) is 0.462. The van der Waals surface area contributed by atoms with E-state index in [1.165, 1.54) is 19.2 Å². The van der Waals surface area contributed by atoms with E-state index in [0.717, 1.165) is 0 Å².